The van der Waals surface area contributed by atoms with Crippen molar-refractivity contribution in [2.24, 2.45) is 0 Å². The summed E-state index contributed by atoms with van der Waals surface area (Å²) in [6.45, 7) is 0. The van der Waals surface area contributed by atoms with E-state index in [2.05, 4.69) is 5.32 Å². The van der Waals surface area contributed by atoms with Gasteiger partial charge in [-0.1, -0.05) is 0 Å². The van der Waals surface area contributed by atoms with Crippen LogP contribution in [0.5, 0.6) is 0 Å². The molecule has 0 aromatic heterocycles. The zero-order valence-corrected chi connectivity index (χ0v) is 10.2. The first kappa shape index (κ1) is 11.6. The number of hydrogen-bond donors (Lipinski definition) is 1. The van der Waals surface area contributed by atoms with Crippen molar-refractivity contribution in [1.29, 1.82) is 0 Å². The number of fused-ring (bicyclic) bond motifs is 1. The number of amides is 1. The Balaban J connectivity index is 2.59. The second-order valence-corrected chi connectivity index (χ2v) is 7.12. The van der Waals surface area contributed by atoms with Gasteiger partial charge in [0.2, 0.25) is 5.91 Å². The number of carbonyl (C=O) groups excluding carboxylic acids is 1. The number of hydrogen-bond acceptors (Lipinski definition) is 4. The van der Waals surface area contributed by atoms with Crippen molar-refractivity contribution >= 4 is 42.1 Å². The van der Waals surface area contributed by atoms with Crippen molar-refractivity contribution in [3.8, 4) is 0 Å². The fourth-order valence-corrected chi connectivity index (χ4v) is 3.16. The van der Waals surface area contributed by atoms with Gasteiger partial charge in [-0.25, -0.2) is 8.42 Å². The number of benzene rings is 1. The van der Waals surface area contributed by atoms with Gasteiger partial charge in [0.15, 0.2) is 0 Å². The molecule has 0 bridgehead atoms. The second-order valence-electron chi connectivity index (χ2n) is 3.13. The van der Waals surface area contributed by atoms with E-state index in [-0.39, 0.29) is 16.3 Å². The summed E-state index contributed by atoms with van der Waals surface area (Å²) in [4.78, 5) is 11.4. The van der Waals surface area contributed by atoms with Crippen molar-refractivity contribution in [3.05, 3.63) is 18.2 Å². The molecule has 1 N–H and O–H groups in total. The highest BCUT2D eigenvalue weighted by molar-refractivity contribution is 8.13. The Hall–Kier alpha value is -0.920. The van der Waals surface area contributed by atoms with Crippen LogP contribution in [0.15, 0.2) is 28.0 Å². The SMILES string of the molecule is O=C1CS(=O)c2ccc(S(=O)(=O)Cl)cc2N1. The van der Waals surface area contributed by atoms with Gasteiger partial charge in [0, 0.05) is 10.7 Å². The minimum absolute atomic E-state index is 0.111. The molecule has 0 saturated heterocycles. The maximum Gasteiger partial charge on any atom is 0.261 e. The third-order valence-electron chi connectivity index (χ3n) is 2.01. The minimum Gasteiger partial charge on any atom is -0.324 e. The summed E-state index contributed by atoms with van der Waals surface area (Å²) in [5.74, 6) is -0.519. The first-order valence-corrected chi connectivity index (χ1v) is 7.78. The fourth-order valence-electron chi connectivity index (χ4n) is 1.34. The molecule has 1 aromatic carbocycles. The van der Waals surface area contributed by atoms with E-state index in [1.54, 1.807) is 0 Å². The summed E-state index contributed by atoms with van der Waals surface area (Å²) in [7, 11) is -0.122. The molecule has 16 heavy (non-hydrogen) atoms. The van der Waals surface area contributed by atoms with Crippen molar-refractivity contribution in [2.75, 3.05) is 11.1 Å². The molecule has 0 radical (unpaired) electrons. The van der Waals surface area contributed by atoms with Gasteiger partial charge in [-0.2, -0.15) is 0 Å². The number of carbonyl (C=O) groups is 1. The van der Waals surface area contributed by atoms with Crippen LogP contribution in [0.2, 0.25) is 0 Å². The number of nitrogens with one attached hydrogen (secondary N) is 1. The van der Waals surface area contributed by atoms with Gasteiger partial charge in [-0.15, -0.1) is 0 Å². The minimum atomic E-state index is -3.85. The second kappa shape index (κ2) is 3.83. The lowest BCUT2D eigenvalue weighted by Crippen LogP contribution is -2.25. The Bertz CT molecular complexity index is 596. The molecule has 0 saturated carbocycles. The van der Waals surface area contributed by atoms with E-state index in [1.165, 1.54) is 18.2 Å². The highest BCUT2D eigenvalue weighted by Crippen LogP contribution is 2.28. The third kappa shape index (κ3) is 2.11. The average molecular weight is 280 g/mol. The van der Waals surface area contributed by atoms with Gasteiger partial charge in [-0.3, -0.25) is 9.00 Å². The number of halogens is 1. The summed E-state index contributed by atoms with van der Waals surface area (Å²) in [6, 6.07) is 3.85. The third-order valence-corrected chi connectivity index (χ3v) is 4.74. The predicted molar refractivity (Wildman–Crippen MR) is 59.4 cm³/mol. The Morgan fingerprint density at radius 2 is 2.06 bits per heavy atom. The summed E-state index contributed by atoms with van der Waals surface area (Å²) >= 11 is 0. The normalized spacial score (nSPS) is 20.1. The highest BCUT2D eigenvalue weighted by Gasteiger charge is 2.23. The Labute approximate surface area is 98.7 Å². The van der Waals surface area contributed by atoms with Gasteiger partial charge < -0.3 is 5.32 Å². The summed E-state index contributed by atoms with van der Waals surface area (Å²) in [6.07, 6.45) is 0. The number of rotatable bonds is 1. The molecule has 0 spiro atoms. The molecule has 0 fully saturated rings. The lowest BCUT2D eigenvalue weighted by atomic mass is 10.3. The molecule has 1 heterocycles. The molecule has 8 heteroatoms. The maximum absolute atomic E-state index is 11.5. The molecular weight excluding hydrogens is 274 g/mol. The van der Waals surface area contributed by atoms with Crippen LogP contribution < -0.4 is 5.32 Å². The van der Waals surface area contributed by atoms with Gasteiger partial charge in [-0.05, 0) is 18.2 Å². The van der Waals surface area contributed by atoms with E-state index in [0.717, 1.165) is 0 Å². The fraction of sp³-hybridized carbons (Fsp3) is 0.125. The van der Waals surface area contributed by atoms with Crippen molar-refractivity contribution in [3.63, 3.8) is 0 Å². The van der Waals surface area contributed by atoms with E-state index in [9.17, 15) is 17.4 Å². The Morgan fingerprint density at radius 1 is 1.38 bits per heavy atom. The highest BCUT2D eigenvalue weighted by atomic mass is 35.7. The summed E-state index contributed by atoms with van der Waals surface area (Å²) < 4.78 is 33.6. The first-order valence-electron chi connectivity index (χ1n) is 4.15. The van der Waals surface area contributed by atoms with Crippen LogP contribution in [0.3, 0.4) is 0 Å². The van der Waals surface area contributed by atoms with E-state index >= 15 is 0 Å². The largest absolute Gasteiger partial charge is 0.324 e. The molecule has 1 atom stereocenters. The molecule has 1 aromatic rings. The van der Waals surface area contributed by atoms with Gasteiger partial charge >= 0.3 is 0 Å². The van der Waals surface area contributed by atoms with Crippen LogP contribution in [-0.2, 0) is 24.6 Å². The summed E-state index contributed by atoms with van der Waals surface area (Å²) in [5, 5.41) is 2.45. The zero-order chi connectivity index (χ0) is 11.9. The standard InChI is InChI=1S/C8H6ClNO4S2/c9-16(13,14)5-1-2-7-6(3-5)10-8(11)4-15(7)12/h1-3H,4H2,(H,10,11). The van der Waals surface area contributed by atoms with Gasteiger partial charge in [0.25, 0.3) is 9.05 Å². The molecule has 86 valence electrons. The van der Waals surface area contributed by atoms with Crippen LogP contribution in [0.25, 0.3) is 0 Å². The van der Waals surface area contributed by atoms with Crippen LogP contribution in [0.1, 0.15) is 0 Å². The molecule has 0 aliphatic carbocycles. The van der Waals surface area contributed by atoms with E-state index < -0.39 is 25.8 Å². The topological polar surface area (TPSA) is 80.3 Å². The van der Waals surface area contributed by atoms with Crippen LogP contribution >= 0.6 is 10.7 Å². The molecular formula is C8H6ClNO4S2. The maximum atomic E-state index is 11.5. The molecule has 5 nitrogen and oxygen atoms in total. The van der Waals surface area contributed by atoms with Crippen LogP contribution in [0, 0.1) is 0 Å². The lowest BCUT2D eigenvalue weighted by Gasteiger charge is -2.16. The van der Waals surface area contributed by atoms with Gasteiger partial charge in [0.05, 0.1) is 26.3 Å². The number of anilines is 1. The van der Waals surface area contributed by atoms with Gasteiger partial charge in [0.1, 0.15) is 5.75 Å². The van der Waals surface area contributed by atoms with Crippen molar-refractivity contribution < 1.29 is 17.4 Å². The molecule has 1 unspecified atom stereocenters. The van der Waals surface area contributed by atoms with Crippen molar-refractivity contribution in [1.82, 2.24) is 0 Å². The lowest BCUT2D eigenvalue weighted by molar-refractivity contribution is -0.114. The predicted octanol–water partition coefficient (Wildman–Crippen LogP) is 0.674. The average Bonchev–Trinajstić information content (AvgIpc) is 2.15. The Morgan fingerprint density at radius 3 is 2.69 bits per heavy atom. The Kier molecular flexibility index (Phi) is 2.77. The first-order chi connectivity index (χ1) is 7.38. The summed E-state index contributed by atoms with van der Waals surface area (Å²) in [5.41, 5.74) is 0.233. The molecule has 2 rings (SSSR count). The van der Waals surface area contributed by atoms with Crippen LogP contribution in [-0.4, -0.2) is 24.3 Å². The zero-order valence-electron chi connectivity index (χ0n) is 7.77. The smallest absolute Gasteiger partial charge is 0.261 e. The quantitative estimate of drug-likeness (QED) is 0.767. The molecule has 1 aliphatic heterocycles. The van der Waals surface area contributed by atoms with E-state index in [4.69, 9.17) is 10.7 Å². The van der Waals surface area contributed by atoms with Crippen LogP contribution in [0.4, 0.5) is 5.69 Å². The molecule has 1 amide bonds. The molecule has 1 aliphatic rings. The monoisotopic (exact) mass is 279 g/mol. The van der Waals surface area contributed by atoms with Crippen molar-refractivity contribution in [2.45, 2.75) is 9.79 Å². The van der Waals surface area contributed by atoms with E-state index in [0.29, 0.717) is 4.90 Å². The van der Waals surface area contributed by atoms with E-state index in [1.807, 2.05) is 0 Å².